The number of hydrogen-bond acceptors (Lipinski definition) is 2. The van der Waals surface area contributed by atoms with Gasteiger partial charge in [0.25, 0.3) is 0 Å². The van der Waals surface area contributed by atoms with Gasteiger partial charge in [-0.25, -0.2) is 8.78 Å². The fourth-order valence-electron chi connectivity index (χ4n) is 1.18. The molecule has 0 heterocycles. The summed E-state index contributed by atoms with van der Waals surface area (Å²) in [5, 5.41) is 0. The van der Waals surface area contributed by atoms with Gasteiger partial charge in [0.1, 0.15) is 0 Å². The van der Waals surface area contributed by atoms with E-state index in [1.165, 1.54) is 0 Å². The number of ketones is 1. The number of carbonyl (C=O) groups excluding carboxylic acids is 1. The molecule has 0 aliphatic rings. The van der Waals surface area contributed by atoms with E-state index in [-0.39, 0.29) is 5.56 Å². The van der Waals surface area contributed by atoms with Crippen molar-refractivity contribution in [3.05, 3.63) is 35.4 Å². The first kappa shape index (κ1) is 14.6. The zero-order chi connectivity index (χ0) is 14.1. The maximum absolute atomic E-state index is 12.8. The Morgan fingerprint density at radius 1 is 1.22 bits per heavy atom. The Kier molecular flexibility index (Phi) is 3.75. The Hall–Kier alpha value is -1.50. The molecule has 0 radical (unpaired) electrons. The number of carbonyl (C=O) groups is 1. The third-order valence-electron chi connectivity index (χ3n) is 2.52. The van der Waals surface area contributed by atoms with E-state index in [9.17, 15) is 26.7 Å². The van der Waals surface area contributed by atoms with Crippen molar-refractivity contribution in [2.45, 2.75) is 25.1 Å². The molecule has 2 nitrogen and oxygen atoms in total. The van der Waals surface area contributed by atoms with E-state index >= 15 is 0 Å². The van der Waals surface area contributed by atoms with Crippen LogP contribution in [-0.2, 0) is 11.2 Å². The second-order valence-electron chi connectivity index (χ2n) is 4.05. The molecule has 0 bridgehead atoms. The quantitative estimate of drug-likeness (QED) is 0.854. The first-order valence-electron chi connectivity index (χ1n) is 4.88. The average Bonchev–Trinajstić information content (AvgIpc) is 2.21. The molecule has 0 amide bonds. The van der Waals surface area contributed by atoms with E-state index in [0.29, 0.717) is 13.0 Å². The van der Waals surface area contributed by atoms with Gasteiger partial charge in [0, 0.05) is 6.42 Å². The summed E-state index contributed by atoms with van der Waals surface area (Å²) in [7, 11) is 0. The largest absolute Gasteiger partial charge is 0.413 e. The molecule has 18 heavy (non-hydrogen) atoms. The highest BCUT2D eigenvalue weighted by atomic mass is 19.4. The van der Waals surface area contributed by atoms with Gasteiger partial charge >= 0.3 is 6.18 Å². The molecule has 0 fully saturated rings. The van der Waals surface area contributed by atoms with Crippen molar-refractivity contribution in [3.8, 4) is 0 Å². The third kappa shape index (κ3) is 2.84. The number of hydrogen-bond donors (Lipinski definition) is 1. The van der Waals surface area contributed by atoms with Gasteiger partial charge in [-0.3, -0.25) is 4.79 Å². The SMILES string of the molecule is CC(N)(C(=O)Cc1ccc(F)c(F)c1)C(F)(F)F. The molecule has 1 rings (SSSR count). The minimum Gasteiger partial charge on any atom is -0.312 e. The Labute approximate surface area is 99.6 Å². The minimum absolute atomic E-state index is 0.0696. The standard InChI is InChI=1S/C11H10F5NO/c1-10(17,11(14,15)16)9(18)5-6-2-3-7(12)8(13)4-6/h2-4H,5,17H2,1H3. The number of rotatable bonds is 3. The fraction of sp³-hybridized carbons (Fsp3) is 0.364. The van der Waals surface area contributed by atoms with Crippen molar-refractivity contribution < 1.29 is 26.7 Å². The molecule has 1 aromatic rings. The van der Waals surface area contributed by atoms with E-state index in [1.807, 2.05) is 0 Å². The predicted octanol–water partition coefficient (Wildman–Crippen LogP) is 2.36. The number of nitrogens with two attached hydrogens (primary N) is 1. The van der Waals surface area contributed by atoms with E-state index < -0.39 is 35.6 Å². The minimum atomic E-state index is -4.90. The van der Waals surface area contributed by atoms with Crippen molar-refractivity contribution in [1.82, 2.24) is 0 Å². The van der Waals surface area contributed by atoms with Crippen molar-refractivity contribution in [3.63, 3.8) is 0 Å². The van der Waals surface area contributed by atoms with Crippen LogP contribution in [0.15, 0.2) is 18.2 Å². The van der Waals surface area contributed by atoms with E-state index in [2.05, 4.69) is 0 Å². The van der Waals surface area contributed by atoms with Gasteiger partial charge in [-0.1, -0.05) is 6.07 Å². The smallest absolute Gasteiger partial charge is 0.312 e. The predicted molar refractivity (Wildman–Crippen MR) is 53.7 cm³/mol. The Morgan fingerprint density at radius 3 is 2.22 bits per heavy atom. The molecule has 100 valence electrons. The van der Waals surface area contributed by atoms with E-state index in [4.69, 9.17) is 5.73 Å². The Morgan fingerprint density at radius 2 is 1.78 bits per heavy atom. The van der Waals surface area contributed by atoms with Crippen LogP contribution in [0.4, 0.5) is 22.0 Å². The van der Waals surface area contributed by atoms with Gasteiger partial charge in [-0.05, 0) is 24.6 Å². The van der Waals surface area contributed by atoms with Crippen LogP contribution < -0.4 is 5.73 Å². The molecule has 0 saturated carbocycles. The molecule has 7 heteroatoms. The lowest BCUT2D eigenvalue weighted by molar-refractivity contribution is -0.185. The summed E-state index contributed by atoms with van der Waals surface area (Å²) in [6.45, 7) is 0.537. The van der Waals surface area contributed by atoms with E-state index in [1.54, 1.807) is 0 Å². The summed E-state index contributed by atoms with van der Waals surface area (Å²) in [5.41, 5.74) is 1.83. The van der Waals surface area contributed by atoms with Crippen LogP contribution in [0.2, 0.25) is 0 Å². The maximum atomic E-state index is 12.8. The summed E-state index contributed by atoms with van der Waals surface area (Å²) in [5.74, 6) is -3.69. The topological polar surface area (TPSA) is 43.1 Å². The molecule has 0 spiro atoms. The van der Waals surface area contributed by atoms with Crippen molar-refractivity contribution >= 4 is 5.78 Å². The Balaban J connectivity index is 2.91. The zero-order valence-corrected chi connectivity index (χ0v) is 9.31. The van der Waals surface area contributed by atoms with Gasteiger partial charge in [-0.15, -0.1) is 0 Å². The van der Waals surface area contributed by atoms with Gasteiger partial charge in [0.15, 0.2) is 23.0 Å². The molecule has 2 N–H and O–H groups in total. The highest BCUT2D eigenvalue weighted by molar-refractivity contribution is 5.90. The highest BCUT2D eigenvalue weighted by Crippen LogP contribution is 2.29. The van der Waals surface area contributed by atoms with Crippen LogP contribution in [0.3, 0.4) is 0 Å². The van der Waals surface area contributed by atoms with Gasteiger partial charge in [-0.2, -0.15) is 13.2 Å². The summed E-state index contributed by atoms with van der Waals surface area (Å²) in [6, 6.07) is 2.43. The van der Waals surface area contributed by atoms with Crippen molar-refractivity contribution in [2.24, 2.45) is 5.73 Å². The molecule has 1 aromatic carbocycles. The summed E-state index contributed by atoms with van der Waals surface area (Å²) >= 11 is 0. The highest BCUT2D eigenvalue weighted by Gasteiger charge is 2.53. The Bertz CT molecular complexity index is 467. The van der Waals surface area contributed by atoms with E-state index in [0.717, 1.165) is 12.1 Å². The molecule has 0 aliphatic heterocycles. The molecular weight excluding hydrogens is 257 g/mol. The van der Waals surface area contributed by atoms with Crippen molar-refractivity contribution in [1.29, 1.82) is 0 Å². The number of benzene rings is 1. The molecule has 1 unspecified atom stereocenters. The second-order valence-corrected chi connectivity index (χ2v) is 4.05. The van der Waals surface area contributed by atoms with Crippen LogP contribution in [-0.4, -0.2) is 17.5 Å². The normalized spacial score (nSPS) is 15.3. The monoisotopic (exact) mass is 267 g/mol. The molecule has 1 atom stereocenters. The summed E-state index contributed by atoms with van der Waals surface area (Å²) < 4.78 is 62.8. The molecule has 0 saturated heterocycles. The lowest BCUT2D eigenvalue weighted by atomic mass is 9.92. The maximum Gasteiger partial charge on any atom is 0.413 e. The van der Waals surface area contributed by atoms with Crippen LogP contribution in [0.5, 0.6) is 0 Å². The molecule has 0 aliphatic carbocycles. The van der Waals surface area contributed by atoms with Crippen LogP contribution in [0.1, 0.15) is 12.5 Å². The van der Waals surface area contributed by atoms with Gasteiger partial charge < -0.3 is 5.73 Å². The third-order valence-corrected chi connectivity index (χ3v) is 2.52. The first-order valence-corrected chi connectivity index (χ1v) is 4.88. The van der Waals surface area contributed by atoms with Crippen LogP contribution in [0.25, 0.3) is 0 Å². The lowest BCUT2D eigenvalue weighted by Gasteiger charge is -2.25. The second kappa shape index (κ2) is 4.64. The summed E-state index contributed by atoms with van der Waals surface area (Å²) in [4.78, 5) is 11.4. The van der Waals surface area contributed by atoms with Crippen LogP contribution in [0, 0.1) is 11.6 Å². The zero-order valence-electron chi connectivity index (χ0n) is 9.31. The van der Waals surface area contributed by atoms with Gasteiger partial charge in [0.2, 0.25) is 0 Å². The summed E-state index contributed by atoms with van der Waals surface area (Å²) in [6.07, 6.45) is -5.62. The van der Waals surface area contributed by atoms with Crippen LogP contribution >= 0.6 is 0 Å². The average molecular weight is 267 g/mol. The first-order chi connectivity index (χ1) is 8.05. The molecular formula is C11H10F5NO. The number of halogens is 5. The fourth-order valence-corrected chi connectivity index (χ4v) is 1.18. The number of Topliss-reactive ketones (excluding diaryl/α,β-unsaturated/α-hetero) is 1. The molecule has 0 aromatic heterocycles. The lowest BCUT2D eigenvalue weighted by Crippen LogP contribution is -2.57. The number of alkyl halides is 3. The van der Waals surface area contributed by atoms with Crippen molar-refractivity contribution in [2.75, 3.05) is 0 Å². The van der Waals surface area contributed by atoms with Gasteiger partial charge in [0.05, 0.1) is 0 Å².